The van der Waals surface area contributed by atoms with Crippen LogP contribution in [0.3, 0.4) is 0 Å². The van der Waals surface area contributed by atoms with E-state index in [9.17, 15) is 0 Å². The zero-order valence-corrected chi connectivity index (χ0v) is 27.6. The summed E-state index contributed by atoms with van der Waals surface area (Å²) in [6.07, 6.45) is 0. The van der Waals surface area contributed by atoms with Gasteiger partial charge in [-0.25, -0.2) is 24.1 Å². The summed E-state index contributed by atoms with van der Waals surface area (Å²) in [7, 11) is 0. The monoisotopic (exact) mass is 685 g/mol. The molecular formula is C41H23N11O. The number of fused-ring (bicyclic) bond motifs is 15. The van der Waals surface area contributed by atoms with Crippen molar-refractivity contribution in [3.8, 4) is 17.7 Å². The number of benzene rings is 6. The standard InChI is InChI=1S/C41H23N11O/c1-3-13-28-25(11-1)42-38-47(30-15-5-6-16-31(30)48(28)38)24-21-22-27-36(23-24)50-32-17-7-9-19-34(32)51(39(50)44-27)37-45-41(53-46-37)52-35-20-10-8-18-33(35)49-29-14-4-2-12-26(29)43-40(49)52/h1-23H. The fourth-order valence-corrected chi connectivity index (χ4v) is 8.26. The lowest BCUT2D eigenvalue weighted by molar-refractivity contribution is 0.404. The molecule has 0 saturated carbocycles. The van der Waals surface area contributed by atoms with Crippen molar-refractivity contribution in [3.63, 3.8) is 0 Å². The predicted molar refractivity (Wildman–Crippen MR) is 204 cm³/mol. The molecule has 7 aromatic heterocycles. The molecule has 7 heterocycles. The smallest absolute Gasteiger partial charge is 0.312 e. The van der Waals surface area contributed by atoms with E-state index in [0.717, 1.165) is 77.7 Å². The Morgan fingerprint density at radius 1 is 0.358 bits per heavy atom. The summed E-state index contributed by atoms with van der Waals surface area (Å²) in [5, 5.41) is 4.55. The third-order valence-electron chi connectivity index (χ3n) is 10.5. The minimum absolute atomic E-state index is 0.312. The molecule has 0 N–H and O–H groups in total. The van der Waals surface area contributed by atoms with Crippen molar-refractivity contribution in [2.24, 2.45) is 0 Å². The summed E-state index contributed by atoms with van der Waals surface area (Å²) in [6, 6.07) is 47.8. The zero-order chi connectivity index (χ0) is 34.4. The first-order valence-electron chi connectivity index (χ1n) is 17.3. The van der Waals surface area contributed by atoms with Crippen LogP contribution < -0.4 is 0 Å². The van der Waals surface area contributed by atoms with Gasteiger partial charge in [0.25, 0.3) is 5.95 Å². The molecule has 0 aliphatic heterocycles. The second-order valence-corrected chi connectivity index (χ2v) is 13.2. The number of aromatic nitrogens is 11. The van der Waals surface area contributed by atoms with Crippen molar-refractivity contribution in [1.82, 2.24) is 52.0 Å². The van der Waals surface area contributed by atoms with Crippen LogP contribution in [0.2, 0.25) is 0 Å². The summed E-state index contributed by atoms with van der Waals surface area (Å²) in [6.45, 7) is 0. The van der Waals surface area contributed by atoms with Crippen molar-refractivity contribution < 1.29 is 4.52 Å². The molecule has 0 aliphatic rings. The number of hydrogen-bond acceptors (Lipinski definition) is 6. The quantitative estimate of drug-likeness (QED) is 0.185. The normalized spacial score (nSPS) is 12.5. The maximum absolute atomic E-state index is 6.07. The van der Waals surface area contributed by atoms with E-state index in [-0.39, 0.29) is 0 Å². The van der Waals surface area contributed by atoms with Crippen LogP contribution in [0.4, 0.5) is 0 Å². The van der Waals surface area contributed by atoms with Crippen molar-refractivity contribution in [3.05, 3.63) is 140 Å². The largest absolute Gasteiger partial charge is 0.337 e. The van der Waals surface area contributed by atoms with E-state index < -0.39 is 0 Å². The lowest BCUT2D eigenvalue weighted by Crippen LogP contribution is -1.99. The SMILES string of the molecule is c1ccc2c(c1)nc1n(-c3ccc4nc5n(-c6noc(-n7c8ccccc8n8c9ccccc9nc78)n6)c6ccccc6n5c4c3)c3ccccc3n21. The van der Waals surface area contributed by atoms with Gasteiger partial charge in [0, 0.05) is 0 Å². The van der Waals surface area contributed by atoms with Gasteiger partial charge in [-0.1, -0.05) is 60.7 Å². The summed E-state index contributed by atoms with van der Waals surface area (Å²) >= 11 is 0. The van der Waals surface area contributed by atoms with Gasteiger partial charge < -0.3 is 4.52 Å². The maximum atomic E-state index is 6.07. The highest BCUT2D eigenvalue weighted by Gasteiger charge is 2.25. The molecule has 0 radical (unpaired) electrons. The number of nitrogens with zero attached hydrogens (tertiary/aromatic N) is 11. The van der Waals surface area contributed by atoms with Crippen molar-refractivity contribution in [2.45, 2.75) is 0 Å². The molecule has 0 amide bonds. The van der Waals surface area contributed by atoms with Crippen LogP contribution in [0.1, 0.15) is 0 Å². The van der Waals surface area contributed by atoms with E-state index in [0.29, 0.717) is 23.5 Å². The van der Waals surface area contributed by atoms with E-state index in [2.05, 4.69) is 108 Å². The van der Waals surface area contributed by atoms with Crippen molar-refractivity contribution >= 4 is 83.5 Å². The van der Waals surface area contributed by atoms with Crippen LogP contribution in [0.25, 0.3) is 101 Å². The second-order valence-electron chi connectivity index (χ2n) is 13.2. The summed E-state index contributed by atoms with van der Waals surface area (Å²) < 4.78 is 18.7. The Morgan fingerprint density at radius 3 is 1.40 bits per heavy atom. The van der Waals surface area contributed by atoms with Crippen LogP contribution in [0.5, 0.6) is 0 Å². The number of hydrogen-bond donors (Lipinski definition) is 0. The van der Waals surface area contributed by atoms with Gasteiger partial charge in [-0.15, -0.1) is 0 Å². The third kappa shape index (κ3) is 3.37. The lowest BCUT2D eigenvalue weighted by atomic mass is 10.2. The molecule has 53 heavy (non-hydrogen) atoms. The highest BCUT2D eigenvalue weighted by Crippen LogP contribution is 2.34. The summed E-state index contributed by atoms with van der Waals surface area (Å²) in [5.41, 5.74) is 12.6. The Morgan fingerprint density at radius 2 is 0.792 bits per heavy atom. The molecule has 248 valence electrons. The number of imidazole rings is 6. The van der Waals surface area contributed by atoms with Gasteiger partial charge in [0.1, 0.15) is 0 Å². The Bertz CT molecular complexity index is 3660. The zero-order valence-electron chi connectivity index (χ0n) is 27.6. The predicted octanol–water partition coefficient (Wildman–Crippen LogP) is 8.30. The average molecular weight is 686 g/mol. The average Bonchev–Trinajstić information content (AvgIpc) is 4.05. The molecule has 6 aromatic carbocycles. The Kier molecular flexibility index (Phi) is 4.86. The molecule has 0 spiro atoms. The van der Waals surface area contributed by atoms with Gasteiger partial charge in [-0.05, 0) is 84.0 Å². The lowest BCUT2D eigenvalue weighted by Gasteiger charge is -2.06. The van der Waals surface area contributed by atoms with E-state index in [1.54, 1.807) is 0 Å². The van der Waals surface area contributed by atoms with Gasteiger partial charge in [-0.3, -0.25) is 17.8 Å². The molecule has 0 bridgehead atoms. The van der Waals surface area contributed by atoms with Crippen LogP contribution in [0.15, 0.2) is 144 Å². The van der Waals surface area contributed by atoms with Gasteiger partial charge in [0.2, 0.25) is 17.3 Å². The minimum Gasteiger partial charge on any atom is -0.312 e. The maximum Gasteiger partial charge on any atom is 0.337 e. The highest BCUT2D eigenvalue weighted by atomic mass is 16.5. The van der Waals surface area contributed by atoms with E-state index >= 15 is 0 Å². The molecule has 0 fully saturated rings. The van der Waals surface area contributed by atoms with Gasteiger partial charge in [-0.2, -0.15) is 4.98 Å². The Labute approximate surface area is 296 Å². The van der Waals surface area contributed by atoms with Crippen LogP contribution in [0, 0.1) is 0 Å². The first kappa shape index (κ1) is 27.1. The van der Waals surface area contributed by atoms with Crippen LogP contribution in [-0.4, -0.2) is 52.0 Å². The molecule has 12 nitrogen and oxygen atoms in total. The Hall–Kier alpha value is -7.73. The molecule has 0 unspecified atom stereocenters. The summed E-state index contributed by atoms with van der Waals surface area (Å²) in [4.78, 5) is 20.2. The van der Waals surface area contributed by atoms with Gasteiger partial charge in [0.05, 0.1) is 71.9 Å². The fraction of sp³-hybridized carbons (Fsp3) is 0. The summed E-state index contributed by atoms with van der Waals surface area (Å²) in [5.74, 6) is 2.59. The second kappa shape index (κ2) is 9.53. The van der Waals surface area contributed by atoms with Gasteiger partial charge >= 0.3 is 6.01 Å². The first-order chi connectivity index (χ1) is 26.3. The van der Waals surface area contributed by atoms with Crippen LogP contribution >= 0.6 is 0 Å². The van der Waals surface area contributed by atoms with E-state index in [1.807, 2.05) is 63.7 Å². The molecule has 0 atom stereocenters. The van der Waals surface area contributed by atoms with E-state index in [1.165, 1.54) is 0 Å². The van der Waals surface area contributed by atoms with Crippen molar-refractivity contribution in [1.29, 1.82) is 0 Å². The van der Waals surface area contributed by atoms with Crippen molar-refractivity contribution in [2.75, 3.05) is 0 Å². The van der Waals surface area contributed by atoms with Gasteiger partial charge in [0.15, 0.2) is 0 Å². The highest BCUT2D eigenvalue weighted by molar-refractivity contribution is 5.96. The molecule has 13 aromatic rings. The number of para-hydroxylation sites is 10. The molecule has 0 aliphatic carbocycles. The molecular weight excluding hydrogens is 663 g/mol. The number of rotatable bonds is 3. The minimum atomic E-state index is 0.312. The topological polar surface area (TPSA) is 106 Å². The molecule has 0 saturated heterocycles. The first-order valence-corrected chi connectivity index (χ1v) is 17.3. The van der Waals surface area contributed by atoms with Crippen LogP contribution in [-0.2, 0) is 0 Å². The fourth-order valence-electron chi connectivity index (χ4n) is 8.26. The third-order valence-corrected chi connectivity index (χ3v) is 10.5. The van der Waals surface area contributed by atoms with E-state index in [4.69, 9.17) is 24.5 Å². The molecule has 13 rings (SSSR count). The molecule has 12 heteroatoms. The Balaban J connectivity index is 1.05.